The number of rotatable bonds is 7. The number of nitrogens with one attached hydrogen (secondary N) is 3. The molecule has 11 heteroatoms. The van der Waals surface area contributed by atoms with Crippen molar-refractivity contribution < 1.29 is 14.4 Å². The first kappa shape index (κ1) is 24.4. The van der Waals surface area contributed by atoms with Gasteiger partial charge in [0.25, 0.3) is 0 Å². The lowest BCUT2D eigenvalue weighted by molar-refractivity contribution is -0.120. The van der Waals surface area contributed by atoms with Crippen LogP contribution < -0.4 is 16.5 Å². The van der Waals surface area contributed by atoms with Gasteiger partial charge in [-0.1, -0.05) is 23.7 Å². The highest BCUT2D eigenvalue weighted by molar-refractivity contribution is 6.30. The van der Waals surface area contributed by atoms with Crippen molar-refractivity contribution in [1.82, 2.24) is 25.1 Å². The van der Waals surface area contributed by atoms with E-state index in [-0.39, 0.29) is 25.4 Å². The van der Waals surface area contributed by atoms with Gasteiger partial charge in [-0.2, -0.15) is 0 Å². The summed E-state index contributed by atoms with van der Waals surface area (Å²) >= 11 is 6.02. The molecule has 3 aromatic rings. The van der Waals surface area contributed by atoms with E-state index in [0.29, 0.717) is 10.7 Å². The molecule has 5 amide bonds. The zero-order valence-electron chi connectivity index (χ0n) is 19.8. The van der Waals surface area contributed by atoms with Gasteiger partial charge < -0.3 is 15.6 Å². The Balaban J connectivity index is 1.66. The number of aromatic nitrogens is 1. The number of fused-ring (bicyclic) bond motifs is 1. The van der Waals surface area contributed by atoms with Gasteiger partial charge in [-0.15, -0.1) is 0 Å². The van der Waals surface area contributed by atoms with E-state index in [9.17, 15) is 14.4 Å². The molecule has 2 aromatic carbocycles. The van der Waals surface area contributed by atoms with Gasteiger partial charge in [0.1, 0.15) is 0 Å². The molecule has 1 atom stereocenters. The first-order chi connectivity index (χ1) is 16.7. The molecule has 0 saturated carbocycles. The van der Waals surface area contributed by atoms with Crippen molar-refractivity contribution in [1.29, 1.82) is 0 Å². The van der Waals surface area contributed by atoms with E-state index in [4.69, 9.17) is 17.4 Å². The molecule has 1 aliphatic rings. The molecule has 0 bridgehead atoms. The number of benzene rings is 2. The Morgan fingerprint density at radius 3 is 2.51 bits per heavy atom. The first-order valence-electron chi connectivity index (χ1n) is 11.2. The minimum atomic E-state index is -0.959. The number of nitrogens with two attached hydrogens (primary N) is 1. The minimum absolute atomic E-state index is 0.0303. The molecule has 1 aliphatic heterocycles. The molecule has 0 spiro atoms. The predicted octanol–water partition coefficient (Wildman–Crippen LogP) is 3.50. The van der Waals surface area contributed by atoms with E-state index in [1.165, 1.54) is 11.9 Å². The normalized spacial score (nSPS) is 16.3. The summed E-state index contributed by atoms with van der Waals surface area (Å²) < 4.78 is 0. The van der Waals surface area contributed by atoms with E-state index in [1.54, 1.807) is 24.3 Å². The van der Waals surface area contributed by atoms with Crippen LogP contribution in [-0.2, 0) is 11.3 Å². The summed E-state index contributed by atoms with van der Waals surface area (Å²) in [6.45, 7) is 4.10. The monoisotopic (exact) mass is 497 g/mol. The Kier molecular flexibility index (Phi) is 6.86. The number of hydrogen-bond acceptors (Lipinski definition) is 5. The Hall–Kier alpha value is -3.76. The number of anilines is 1. The summed E-state index contributed by atoms with van der Waals surface area (Å²) in [7, 11) is 1.49. The summed E-state index contributed by atoms with van der Waals surface area (Å²) in [5.41, 5.74) is 4.67. The third-order valence-electron chi connectivity index (χ3n) is 6.20. The summed E-state index contributed by atoms with van der Waals surface area (Å²) in [6, 6.07) is 11.6. The number of hydrazine groups is 1. The molecule has 10 nitrogen and oxygen atoms in total. The van der Waals surface area contributed by atoms with Crippen molar-refractivity contribution in [2.75, 3.05) is 18.9 Å². The van der Waals surface area contributed by atoms with Crippen molar-refractivity contribution in [2.24, 2.45) is 5.84 Å². The highest BCUT2D eigenvalue weighted by atomic mass is 35.5. The van der Waals surface area contributed by atoms with Crippen molar-refractivity contribution in [3.63, 3.8) is 0 Å². The van der Waals surface area contributed by atoms with Crippen LogP contribution in [0.25, 0.3) is 10.9 Å². The molecule has 5 N–H and O–H groups in total. The Morgan fingerprint density at radius 1 is 1.11 bits per heavy atom. The minimum Gasteiger partial charge on any atom is -0.359 e. The van der Waals surface area contributed by atoms with Gasteiger partial charge >= 0.3 is 12.1 Å². The summed E-state index contributed by atoms with van der Waals surface area (Å²) in [5, 5.41) is 8.30. The van der Waals surface area contributed by atoms with Gasteiger partial charge in [-0.3, -0.25) is 9.69 Å². The fraction of sp³-hybridized carbons (Fsp3) is 0.292. The van der Waals surface area contributed by atoms with Gasteiger partial charge in [0.2, 0.25) is 12.2 Å². The van der Waals surface area contributed by atoms with Crippen molar-refractivity contribution in [3.05, 3.63) is 64.3 Å². The molecule has 1 unspecified atom stereocenters. The molecular formula is C24H28ClN7O3. The van der Waals surface area contributed by atoms with Crippen LogP contribution in [0.1, 0.15) is 23.2 Å². The van der Waals surface area contributed by atoms with Gasteiger partial charge in [-0.25, -0.2) is 25.3 Å². The fourth-order valence-electron chi connectivity index (χ4n) is 4.05. The number of hydrogen-bond donors (Lipinski definition) is 4. The Bertz CT molecular complexity index is 1270. The molecule has 1 aromatic heterocycles. The number of carbonyl (C=O) groups is 3. The van der Waals surface area contributed by atoms with Crippen molar-refractivity contribution in [2.45, 2.75) is 33.1 Å². The van der Waals surface area contributed by atoms with E-state index in [1.807, 2.05) is 32.0 Å². The maximum Gasteiger partial charge on any atom is 0.345 e. The van der Waals surface area contributed by atoms with Crippen LogP contribution in [0.5, 0.6) is 0 Å². The zero-order chi connectivity index (χ0) is 25.3. The second kappa shape index (κ2) is 9.85. The average Bonchev–Trinajstić information content (AvgIpc) is 3.13. The largest absolute Gasteiger partial charge is 0.359 e. The van der Waals surface area contributed by atoms with Crippen molar-refractivity contribution >= 4 is 46.2 Å². The number of aryl methyl sites for hydroxylation is 2. The summed E-state index contributed by atoms with van der Waals surface area (Å²) in [6.07, 6.45) is -0.989. The number of nitrogens with zero attached hydrogens (tertiary/aromatic N) is 3. The van der Waals surface area contributed by atoms with Crippen molar-refractivity contribution in [3.8, 4) is 0 Å². The van der Waals surface area contributed by atoms with Crippen LogP contribution in [0.2, 0.25) is 5.02 Å². The topological polar surface area (TPSA) is 127 Å². The highest BCUT2D eigenvalue weighted by Gasteiger charge is 2.43. The lowest BCUT2D eigenvalue weighted by atomic mass is 10.1. The second-order valence-corrected chi connectivity index (χ2v) is 8.89. The maximum atomic E-state index is 13.5. The maximum absolute atomic E-state index is 13.5. The average molecular weight is 498 g/mol. The summed E-state index contributed by atoms with van der Waals surface area (Å²) in [4.78, 5) is 44.0. The smallest absolute Gasteiger partial charge is 0.345 e. The van der Waals surface area contributed by atoms with Crippen LogP contribution in [0, 0.1) is 13.8 Å². The zero-order valence-corrected chi connectivity index (χ0v) is 20.5. The Labute approximate surface area is 207 Å². The molecule has 2 heterocycles. The third kappa shape index (κ3) is 4.89. The molecule has 0 radical (unpaired) electrons. The van der Waals surface area contributed by atoms with E-state index >= 15 is 0 Å². The van der Waals surface area contributed by atoms with E-state index in [0.717, 1.165) is 37.6 Å². The van der Waals surface area contributed by atoms with Gasteiger partial charge in [0, 0.05) is 47.3 Å². The molecule has 35 heavy (non-hydrogen) atoms. The number of urea groups is 2. The number of halogens is 1. The van der Waals surface area contributed by atoms with Crippen LogP contribution in [0.15, 0.2) is 42.5 Å². The van der Waals surface area contributed by atoms with Gasteiger partial charge in [0.05, 0.1) is 6.54 Å². The molecule has 1 fully saturated rings. The lowest BCUT2D eigenvalue weighted by Crippen LogP contribution is -2.70. The molecule has 184 valence electrons. The van der Waals surface area contributed by atoms with Gasteiger partial charge in [0.15, 0.2) is 0 Å². The quantitative estimate of drug-likeness (QED) is 0.293. The first-order valence-corrected chi connectivity index (χ1v) is 11.5. The van der Waals surface area contributed by atoms with Crippen LogP contribution >= 0.6 is 11.6 Å². The fourth-order valence-corrected chi connectivity index (χ4v) is 4.18. The van der Waals surface area contributed by atoms with E-state index < -0.39 is 18.4 Å². The third-order valence-corrected chi connectivity index (χ3v) is 6.45. The molecular weight excluding hydrogens is 470 g/mol. The van der Waals surface area contributed by atoms with Gasteiger partial charge in [-0.05, 0) is 55.3 Å². The number of carbonyl (C=O) groups excluding carboxylic acids is 3. The lowest BCUT2D eigenvalue weighted by Gasteiger charge is -2.45. The highest BCUT2D eigenvalue weighted by Crippen LogP contribution is 2.27. The summed E-state index contributed by atoms with van der Waals surface area (Å²) in [5.74, 6) is 5.95. The number of H-pyrrole nitrogens is 1. The number of imide groups is 1. The molecule has 1 saturated heterocycles. The number of amides is 5. The van der Waals surface area contributed by atoms with Crippen LogP contribution in [0.4, 0.5) is 15.3 Å². The van der Waals surface area contributed by atoms with Crippen LogP contribution in [0.3, 0.4) is 0 Å². The predicted molar refractivity (Wildman–Crippen MR) is 134 cm³/mol. The van der Waals surface area contributed by atoms with E-state index in [2.05, 4.69) is 15.6 Å². The standard InChI is InChI=1S/C24H28ClN7O3/c1-14-15(2)28-20-9-8-18(12-19(14)20)29-22-31(13-16-4-6-17(25)7-5-16)23(34)30(24(35)32(22)26)11-10-21(33)27-3/h4-9,12,22,28-29H,10-11,13,26H2,1-3H3,(H,27,33). The molecule has 0 aliphatic carbocycles. The van der Waals surface area contributed by atoms with Crippen LogP contribution in [-0.4, -0.2) is 57.6 Å². The Morgan fingerprint density at radius 2 is 1.83 bits per heavy atom. The molecule has 4 rings (SSSR count). The SMILES string of the molecule is CNC(=O)CCN1C(=O)N(N)C(Nc2ccc3[nH]c(C)c(C)c3c2)N(Cc2ccc(Cl)cc2)C1=O. The second-order valence-electron chi connectivity index (χ2n) is 8.45. The number of aromatic amines is 1.